The molecule has 0 saturated carbocycles. The molecular weight excluding hydrogens is 346 g/mol. The number of hydrogen-bond donors (Lipinski definition) is 2. The standard InChI is InChI=1S/C19H21N5OS/c1-12-9-17(13(2)22-12)18-11-26-19(20-4)24(18)21-10-15-5-7-16(8-6-15)23-14(3)25/h5-11,22H,1-4H3,(H,23,25)/b20-19?,21-10+. The summed E-state index contributed by atoms with van der Waals surface area (Å²) < 4.78 is 1.85. The fourth-order valence-corrected chi connectivity index (χ4v) is 3.51. The number of H-pyrrole nitrogens is 1. The van der Waals surface area contributed by atoms with Gasteiger partial charge in [0.2, 0.25) is 10.7 Å². The number of amides is 1. The van der Waals surface area contributed by atoms with Gasteiger partial charge in [0.25, 0.3) is 0 Å². The van der Waals surface area contributed by atoms with Crippen molar-refractivity contribution in [2.75, 3.05) is 12.4 Å². The molecule has 0 aliphatic rings. The molecule has 0 fully saturated rings. The van der Waals surface area contributed by atoms with Gasteiger partial charge in [0.1, 0.15) is 0 Å². The molecule has 0 unspecified atom stereocenters. The second kappa shape index (κ2) is 7.53. The van der Waals surface area contributed by atoms with Gasteiger partial charge >= 0.3 is 0 Å². The molecule has 134 valence electrons. The Morgan fingerprint density at radius 1 is 1.27 bits per heavy atom. The Kier molecular flexibility index (Phi) is 5.18. The molecule has 1 aromatic carbocycles. The third-order valence-corrected chi connectivity index (χ3v) is 4.76. The average molecular weight is 367 g/mol. The third-order valence-electron chi connectivity index (χ3n) is 3.86. The number of benzene rings is 1. The molecule has 0 radical (unpaired) electrons. The molecule has 0 saturated heterocycles. The molecule has 0 atom stereocenters. The first-order valence-corrected chi connectivity index (χ1v) is 9.08. The van der Waals surface area contributed by atoms with Crippen LogP contribution >= 0.6 is 11.3 Å². The van der Waals surface area contributed by atoms with Gasteiger partial charge in [-0.2, -0.15) is 5.10 Å². The van der Waals surface area contributed by atoms with Gasteiger partial charge < -0.3 is 10.3 Å². The third kappa shape index (κ3) is 3.83. The van der Waals surface area contributed by atoms with Crippen molar-refractivity contribution in [2.24, 2.45) is 10.1 Å². The van der Waals surface area contributed by atoms with Gasteiger partial charge in [-0.05, 0) is 37.6 Å². The molecule has 0 aliphatic heterocycles. The first-order chi connectivity index (χ1) is 12.5. The largest absolute Gasteiger partial charge is 0.362 e. The highest BCUT2D eigenvalue weighted by atomic mass is 32.1. The summed E-state index contributed by atoms with van der Waals surface area (Å²) in [5, 5.41) is 9.45. The second-order valence-electron chi connectivity index (χ2n) is 5.98. The zero-order valence-corrected chi connectivity index (χ0v) is 16.0. The summed E-state index contributed by atoms with van der Waals surface area (Å²) in [7, 11) is 1.76. The first-order valence-electron chi connectivity index (χ1n) is 8.20. The lowest BCUT2D eigenvalue weighted by molar-refractivity contribution is -0.114. The Balaban J connectivity index is 1.94. The molecule has 1 amide bonds. The Morgan fingerprint density at radius 3 is 2.58 bits per heavy atom. The Hall–Kier alpha value is -2.93. The van der Waals surface area contributed by atoms with Gasteiger partial charge in [0, 0.05) is 42.0 Å². The van der Waals surface area contributed by atoms with Gasteiger partial charge in [-0.1, -0.05) is 12.1 Å². The van der Waals surface area contributed by atoms with E-state index < -0.39 is 0 Å². The van der Waals surface area contributed by atoms with Crippen molar-refractivity contribution in [3.05, 3.63) is 57.5 Å². The Labute approximate surface area is 155 Å². The van der Waals surface area contributed by atoms with Crippen LogP contribution in [0.1, 0.15) is 23.9 Å². The first kappa shape index (κ1) is 17.9. The van der Waals surface area contributed by atoms with Crippen LogP contribution in [-0.4, -0.2) is 28.8 Å². The smallest absolute Gasteiger partial charge is 0.221 e. The highest BCUT2D eigenvalue weighted by Gasteiger charge is 2.11. The number of anilines is 1. The minimum atomic E-state index is -0.0868. The van der Waals surface area contributed by atoms with Crippen LogP contribution in [0.4, 0.5) is 5.69 Å². The summed E-state index contributed by atoms with van der Waals surface area (Å²) >= 11 is 1.55. The van der Waals surface area contributed by atoms with Crippen molar-refractivity contribution in [1.29, 1.82) is 0 Å². The summed E-state index contributed by atoms with van der Waals surface area (Å²) in [6, 6.07) is 9.65. The molecule has 7 heteroatoms. The minimum Gasteiger partial charge on any atom is -0.362 e. The summed E-state index contributed by atoms with van der Waals surface area (Å²) in [5.41, 5.74) is 6.04. The topological polar surface area (TPSA) is 74.5 Å². The summed E-state index contributed by atoms with van der Waals surface area (Å²) in [6.45, 7) is 5.58. The number of nitrogens with zero attached hydrogens (tertiary/aromatic N) is 3. The molecule has 2 aromatic heterocycles. The van der Waals surface area contributed by atoms with Crippen LogP contribution < -0.4 is 10.1 Å². The fourth-order valence-electron chi connectivity index (χ4n) is 2.72. The van der Waals surface area contributed by atoms with Gasteiger partial charge in [-0.15, -0.1) is 11.3 Å². The van der Waals surface area contributed by atoms with Crippen LogP contribution in [0.15, 0.2) is 45.8 Å². The Bertz CT molecular complexity index is 1020. The van der Waals surface area contributed by atoms with Crippen LogP contribution in [0.5, 0.6) is 0 Å². The van der Waals surface area contributed by atoms with E-state index in [-0.39, 0.29) is 5.91 Å². The van der Waals surface area contributed by atoms with Crippen molar-refractivity contribution in [2.45, 2.75) is 20.8 Å². The maximum absolute atomic E-state index is 11.1. The van der Waals surface area contributed by atoms with Crippen molar-refractivity contribution < 1.29 is 4.79 Å². The predicted octanol–water partition coefficient (Wildman–Crippen LogP) is 3.53. The number of carbonyl (C=O) groups is 1. The normalized spacial score (nSPS) is 12.1. The van der Waals surface area contributed by atoms with Gasteiger partial charge in [0.05, 0.1) is 11.9 Å². The van der Waals surface area contributed by atoms with Crippen molar-refractivity contribution in [1.82, 2.24) is 9.66 Å². The van der Waals surface area contributed by atoms with E-state index in [4.69, 9.17) is 0 Å². The maximum Gasteiger partial charge on any atom is 0.221 e. The average Bonchev–Trinajstić information content (AvgIpc) is 3.15. The van der Waals surface area contributed by atoms with E-state index in [1.54, 1.807) is 24.6 Å². The van der Waals surface area contributed by atoms with E-state index in [0.29, 0.717) is 0 Å². The lowest BCUT2D eigenvalue weighted by Crippen LogP contribution is -2.11. The van der Waals surface area contributed by atoms with Crippen LogP contribution in [0.3, 0.4) is 0 Å². The second-order valence-corrected chi connectivity index (χ2v) is 6.81. The Morgan fingerprint density at radius 2 is 2.00 bits per heavy atom. The number of carbonyl (C=O) groups excluding carboxylic acids is 1. The maximum atomic E-state index is 11.1. The van der Waals surface area contributed by atoms with Gasteiger partial charge in [-0.3, -0.25) is 9.79 Å². The van der Waals surface area contributed by atoms with Gasteiger partial charge in [0.15, 0.2) is 0 Å². The summed E-state index contributed by atoms with van der Waals surface area (Å²) in [4.78, 5) is 19.6. The van der Waals surface area contributed by atoms with Crippen LogP contribution in [0.2, 0.25) is 0 Å². The van der Waals surface area contributed by atoms with E-state index >= 15 is 0 Å². The van der Waals surface area contributed by atoms with Crippen LogP contribution in [0.25, 0.3) is 11.3 Å². The predicted molar refractivity (Wildman–Crippen MR) is 107 cm³/mol. The number of aryl methyl sites for hydroxylation is 2. The van der Waals surface area contributed by atoms with Crippen LogP contribution in [-0.2, 0) is 4.79 Å². The van der Waals surface area contributed by atoms with Crippen molar-refractivity contribution in [3.63, 3.8) is 0 Å². The molecule has 0 aliphatic carbocycles. The molecule has 0 bridgehead atoms. The number of aromatic nitrogens is 2. The van der Waals surface area contributed by atoms with E-state index in [9.17, 15) is 4.79 Å². The SMILES string of the molecule is CN=c1scc(-c2cc(C)[nH]c2C)n1/N=C/c1ccc(NC(C)=O)cc1. The van der Waals surface area contributed by atoms with E-state index in [0.717, 1.165) is 38.7 Å². The molecule has 0 spiro atoms. The zero-order chi connectivity index (χ0) is 18.7. The highest BCUT2D eigenvalue weighted by Crippen LogP contribution is 2.24. The molecule has 3 aromatic rings. The molecule has 2 N–H and O–H groups in total. The van der Waals surface area contributed by atoms with Crippen LogP contribution in [0, 0.1) is 13.8 Å². The lowest BCUT2D eigenvalue weighted by atomic mass is 10.2. The zero-order valence-electron chi connectivity index (χ0n) is 15.2. The van der Waals surface area contributed by atoms with Gasteiger partial charge in [-0.25, -0.2) is 4.68 Å². The molecule has 6 nitrogen and oxygen atoms in total. The molecule has 26 heavy (non-hydrogen) atoms. The summed E-state index contributed by atoms with van der Waals surface area (Å²) in [5.74, 6) is -0.0868. The fraction of sp³-hybridized carbons (Fsp3) is 0.211. The molecular formula is C19H21N5OS. The van der Waals surface area contributed by atoms with E-state index in [1.807, 2.05) is 35.9 Å². The highest BCUT2D eigenvalue weighted by molar-refractivity contribution is 7.07. The number of thiazole rings is 1. The van der Waals surface area contributed by atoms with Crippen molar-refractivity contribution >= 4 is 29.1 Å². The number of rotatable bonds is 4. The van der Waals surface area contributed by atoms with E-state index in [1.165, 1.54) is 6.92 Å². The van der Waals surface area contributed by atoms with E-state index in [2.05, 4.69) is 38.8 Å². The number of nitrogens with one attached hydrogen (secondary N) is 2. The minimum absolute atomic E-state index is 0.0868. The monoisotopic (exact) mass is 367 g/mol. The molecule has 3 rings (SSSR count). The summed E-state index contributed by atoms with van der Waals surface area (Å²) in [6.07, 6.45) is 1.79. The quantitative estimate of drug-likeness (QED) is 0.680. The molecule has 2 heterocycles. The number of aromatic amines is 1. The number of hydrogen-bond acceptors (Lipinski definition) is 4. The lowest BCUT2D eigenvalue weighted by Gasteiger charge is -2.04. The van der Waals surface area contributed by atoms with Crippen molar-refractivity contribution in [3.8, 4) is 11.3 Å².